The highest BCUT2D eigenvalue weighted by Crippen LogP contribution is 2.53. The Kier molecular flexibility index (Phi) is 6.77. The van der Waals surface area contributed by atoms with E-state index in [9.17, 15) is 23.6 Å². The van der Waals surface area contributed by atoms with Crippen LogP contribution in [-0.2, 0) is 25.7 Å². The number of carbonyl (C=O) groups is 3. The largest absolute Gasteiger partial charge is 0.497 e. The molecule has 0 aliphatic carbocycles. The van der Waals surface area contributed by atoms with Gasteiger partial charge in [-0.2, -0.15) is 0 Å². The predicted octanol–water partition coefficient (Wildman–Crippen LogP) is 2.71. The summed E-state index contributed by atoms with van der Waals surface area (Å²) in [4.78, 5) is 57.0. The summed E-state index contributed by atoms with van der Waals surface area (Å²) in [6.45, 7) is 1.59. The van der Waals surface area contributed by atoms with Gasteiger partial charge in [0.2, 0.25) is 17.7 Å². The van der Waals surface area contributed by atoms with Crippen molar-refractivity contribution in [3.05, 3.63) is 74.5 Å². The molecule has 2 fully saturated rings. The molecule has 3 aliphatic heterocycles. The van der Waals surface area contributed by atoms with Crippen LogP contribution in [0, 0.1) is 11.7 Å². The third-order valence-electron chi connectivity index (χ3n) is 7.27. The number of imide groups is 1. The number of rotatable bonds is 5. The van der Waals surface area contributed by atoms with Gasteiger partial charge in [0.05, 0.1) is 37.0 Å². The van der Waals surface area contributed by atoms with E-state index in [-0.39, 0.29) is 23.2 Å². The first-order chi connectivity index (χ1) is 18.9. The van der Waals surface area contributed by atoms with E-state index in [0.717, 1.165) is 23.1 Å². The first-order valence-corrected chi connectivity index (χ1v) is 14.1. The van der Waals surface area contributed by atoms with E-state index in [0.29, 0.717) is 53.2 Å². The number of nitrogens with zero attached hydrogens (tertiary/aromatic N) is 3. The molecule has 12 heteroatoms. The maximum absolute atomic E-state index is 13.9. The number of halogens is 1. The first-order valence-electron chi connectivity index (χ1n) is 12.4. The molecule has 0 N–H and O–H groups in total. The van der Waals surface area contributed by atoms with Crippen molar-refractivity contribution in [3.8, 4) is 5.75 Å². The van der Waals surface area contributed by atoms with Crippen molar-refractivity contribution >= 4 is 46.5 Å². The summed E-state index contributed by atoms with van der Waals surface area (Å²) < 4.78 is 25.8. The molecular formula is C27H24FN3O6S2. The zero-order valence-electron chi connectivity index (χ0n) is 20.9. The number of thioether (sulfide) groups is 1. The Bertz CT molecular complexity index is 1500. The van der Waals surface area contributed by atoms with Crippen LogP contribution in [0.4, 0.5) is 10.1 Å². The topological polar surface area (TPSA) is 98.2 Å². The van der Waals surface area contributed by atoms with E-state index >= 15 is 0 Å². The van der Waals surface area contributed by atoms with Gasteiger partial charge < -0.3 is 14.4 Å². The average molecular weight is 570 g/mol. The fraction of sp³-hybridized carbons (Fsp3) is 0.333. The van der Waals surface area contributed by atoms with Gasteiger partial charge in [-0.15, -0.1) is 0 Å². The lowest BCUT2D eigenvalue weighted by molar-refractivity contribution is -0.136. The molecule has 2 aromatic carbocycles. The second-order valence-electron chi connectivity index (χ2n) is 9.42. The normalized spacial score (nSPS) is 22.6. The maximum atomic E-state index is 13.9. The van der Waals surface area contributed by atoms with E-state index in [1.807, 2.05) is 0 Å². The number of fused-ring (bicyclic) bond motifs is 2. The van der Waals surface area contributed by atoms with Crippen LogP contribution in [0.1, 0.15) is 16.4 Å². The molecule has 3 aliphatic rings. The second kappa shape index (κ2) is 10.2. The number of amides is 3. The Morgan fingerprint density at radius 2 is 1.72 bits per heavy atom. The van der Waals surface area contributed by atoms with Crippen LogP contribution >= 0.6 is 23.1 Å². The summed E-state index contributed by atoms with van der Waals surface area (Å²) >= 11 is 2.12. The Morgan fingerprint density at radius 3 is 2.38 bits per heavy atom. The van der Waals surface area contributed by atoms with Crippen molar-refractivity contribution in [1.82, 2.24) is 9.47 Å². The molecule has 0 saturated carbocycles. The highest BCUT2D eigenvalue weighted by Gasteiger charge is 2.56. The molecule has 0 spiro atoms. The summed E-state index contributed by atoms with van der Waals surface area (Å²) in [5.74, 6) is -2.30. The highest BCUT2D eigenvalue weighted by molar-refractivity contribution is 8.00. The zero-order valence-corrected chi connectivity index (χ0v) is 22.5. The number of benzene rings is 2. The van der Waals surface area contributed by atoms with E-state index in [1.54, 1.807) is 41.3 Å². The fourth-order valence-electron chi connectivity index (χ4n) is 5.32. The van der Waals surface area contributed by atoms with Gasteiger partial charge in [0, 0.05) is 23.9 Å². The fourth-order valence-corrected chi connectivity index (χ4v) is 8.09. The maximum Gasteiger partial charge on any atom is 0.308 e. The van der Waals surface area contributed by atoms with Crippen molar-refractivity contribution in [2.75, 3.05) is 38.3 Å². The van der Waals surface area contributed by atoms with Crippen LogP contribution in [0.25, 0.3) is 0 Å². The van der Waals surface area contributed by atoms with Crippen LogP contribution in [0.15, 0.2) is 58.4 Å². The molecule has 0 radical (unpaired) electrons. The van der Waals surface area contributed by atoms with Gasteiger partial charge in [0.1, 0.15) is 23.4 Å². The number of morpholine rings is 1. The van der Waals surface area contributed by atoms with Gasteiger partial charge in [0.15, 0.2) is 0 Å². The third kappa shape index (κ3) is 4.46. The van der Waals surface area contributed by atoms with E-state index in [2.05, 4.69) is 0 Å². The second-order valence-corrected chi connectivity index (χ2v) is 11.5. The Balaban J connectivity index is 1.42. The smallest absolute Gasteiger partial charge is 0.308 e. The number of methoxy groups -OCH3 is 1. The summed E-state index contributed by atoms with van der Waals surface area (Å²) in [6, 6.07) is 12.4. The molecular weight excluding hydrogens is 545 g/mol. The Hall–Kier alpha value is -3.48. The number of ether oxygens (including phenoxy) is 2. The molecule has 0 bridgehead atoms. The Morgan fingerprint density at radius 1 is 1.03 bits per heavy atom. The summed E-state index contributed by atoms with van der Waals surface area (Å²) in [7, 11) is 1.53. The van der Waals surface area contributed by atoms with E-state index in [1.165, 1.54) is 28.7 Å². The number of thiazole rings is 1. The molecule has 3 atom stereocenters. The third-order valence-corrected chi connectivity index (χ3v) is 9.87. The SMILES string of the molecule is COc1ccc(N2C(=O)[C@H]3[C@H](c4ccc(F)cc4)c4sc(=O)n(CC(=O)N5CCOCC5)c4S[C@H]3C2=O)cc1. The zero-order chi connectivity index (χ0) is 27.3. The van der Waals surface area contributed by atoms with Crippen molar-refractivity contribution in [3.63, 3.8) is 0 Å². The first kappa shape index (κ1) is 25.8. The lowest BCUT2D eigenvalue weighted by Gasteiger charge is -2.31. The monoisotopic (exact) mass is 569 g/mol. The lowest BCUT2D eigenvalue weighted by atomic mass is 9.83. The summed E-state index contributed by atoms with van der Waals surface area (Å²) in [5, 5.41) is -0.319. The van der Waals surface area contributed by atoms with Crippen LogP contribution in [-0.4, -0.2) is 65.9 Å². The molecule has 4 heterocycles. The number of aromatic nitrogens is 1. The summed E-state index contributed by atoms with van der Waals surface area (Å²) in [5.41, 5.74) is 1.04. The van der Waals surface area contributed by atoms with Crippen molar-refractivity contribution in [2.24, 2.45) is 5.92 Å². The molecule has 0 unspecified atom stereocenters. The van der Waals surface area contributed by atoms with Gasteiger partial charge in [-0.05, 0) is 42.0 Å². The van der Waals surface area contributed by atoms with Crippen molar-refractivity contribution in [1.29, 1.82) is 0 Å². The van der Waals surface area contributed by atoms with Crippen LogP contribution in [0.5, 0.6) is 5.75 Å². The quantitative estimate of drug-likeness (QED) is 0.436. The highest BCUT2D eigenvalue weighted by atomic mass is 32.2. The Labute approximate surface area is 231 Å². The van der Waals surface area contributed by atoms with Gasteiger partial charge in [-0.25, -0.2) is 9.29 Å². The molecule has 3 amide bonds. The van der Waals surface area contributed by atoms with Gasteiger partial charge in [-0.3, -0.25) is 23.7 Å². The number of hydrogen-bond acceptors (Lipinski definition) is 8. The lowest BCUT2D eigenvalue weighted by Crippen LogP contribution is -2.43. The van der Waals surface area contributed by atoms with Gasteiger partial charge in [-0.1, -0.05) is 35.2 Å². The van der Waals surface area contributed by atoms with Crippen molar-refractivity contribution < 1.29 is 28.2 Å². The summed E-state index contributed by atoms with van der Waals surface area (Å²) in [6.07, 6.45) is 0. The van der Waals surface area contributed by atoms with Crippen LogP contribution < -0.4 is 14.5 Å². The van der Waals surface area contributed by atoms with Crippen LogP contribution in [0.3, 0.4) is 0 Å². The minimum absolute atomic E-state index is 0.171. The predicted molar refractivity (Wildman–Crippen MR) is 143 cm³/mol. The van der Waals surface area contributed by atoms with E-state index in [4.69, 9.17) is 9.47 Å². The average Bonchev–Trinajstić information content (AvgIpc) is 3.40. The molecule has 39 heavy (non-hydrogen) atoms. The molecule has 2 saturated heterocycles. The van der Waals surface area contributed by atoms with Gasteiger partial charge in [0.25, 0.3) is 0 Å². The van der Waals surface area contributed by atoms with E-state index < -0.39 is 28.8 Å². The number of carbonyl (C=O) groups excluding carboxylic acids is 3. The molecule has 6 rings (SSSR count). The molecule has 9 nitrogen and oxygen atoms in total. The minimum atomic E-state index is -0.819. The molecule has 1 aromatic heterocycles. The standard InChI is InChI=1S/C27H24FN3O6S2/c1-36-18-8-6-17(7-9-18)31-24(33)21-20(15-2-4-16(28)5-3-15)23-26(38-22(21)25(31)34)30(27(35)39-23)14-19(32)29-10-12-37-13-11-29/h2-9,20-22H,10-14H2,1H3/t20-,21-,22+/m0/s1. The number of hydrogen-bond donors (Lipinski definition) is 0. The number of anilines is 1. The molecule has 3 aromatic rings. The molecule has 202 valence electrons. The van der Waals surface area contributed by atoms with Crippen LogP contribution in [0.2, 0.25) is 0 Å². The minimum Gasteiger partial charge on any atom is -0.497 e. The van der Waals surface area contributed by atoms with Crippen molar-refractivity contribution in [2.45, 2.75) is 22.7 Å². The van der Waals surface area contributed by atoms with Gasteiger partial charge >= 0.3 is 4.87 Å².